The summed E-state index contributed by atoms with van der Waals surface area (Å²) in [6.07, 6.45) is -0.0798. The smallest absolute Gasteiger partial charge is 0.227 e. The number of benzene rings is 1. The summed E-state index contributed by atoms with van der Waals surface area (Å²) in [4.78, 5) is 13.5. The van der Waals surface area contributed by atoms with Crippen LogP contribution in [0.25, 0.3) is 0 Å². The van der Waals surface area contributed by atoms with Crippen molar-refractivity contribution in [2.45, 2.75) is 6.42 Å². The fourth-order valence-electron chi connectivity index (χ4n) is 1.87. The van der Waals surface area contributed by atoms with Crippen LogP contribution in [0, 0.1) is 11.6 Å². The fourth-order valence-corrected chi connectivity index (χ4v) is 1.87. The molecular weight excluding hydrogens is 226 g/mol. The lowest BCUT2D eigenvalue weighted by atomic mass is 10.1. The molecule has 1 aromatic carbocycles. The van der Waals surface area contributed by atoms with E-state index in [1.807, 2.05) is 0 Å². The molecule has 1 heterocycles. The Morgan fingerprint density at radius 2 is 2.00 bits per heavy atom. The summed E-state index contributed by atoms with van der Waals surface area (Å²) in [6, 6.07) is 3.91. The van der Waals surface area contributed by atoms with Gasteiger partial charge in [-0.3, -0.25) is 4.79 Å². The third-order valence-corrected chi connectivity index (χ3v) is 2.84. The first-order valence-corrected chi connectivity index (χ1v) is 5.60. The molecule has 1 saturated heterocycles. The minimum absolute atomic E-state index is 0.0798. The normalized spacial score (nSPS) is 16.0. The number of amides is 1. The van der Waals surface area contributed by atoms with Crippen molar-refractivity contribution in [2.75, 3.05) is 26.2 Å². The number of nitrogens with zero attached hydrogens (tertiary/aromatic N) is 1. The Hall–Kier alpha value is -1.49. The van der Waals surface area contributed by atoms with Gasteiger partial charge >= 0.3 is 0 Å². The van der Waals surface area contributed by atoms with Crippen LogP contribution in [0.4, 0.5) is 8.78 Å². The van der Waals surface area contributed by atoms with E-state index in [1.165, 1.54) is 12.1 Å². The van der Waals surface area contributed by atoms with Gasteiger partial charge in [0.1, 0.15) is 0 Å². The van der Waals surface area contributed by atoms with Crippen molar-refractivity contribution >= 4 is 5.91 Å². The zero-order valence-electron chi connectivity index (χ0n) is 9.38. The highest BCUT2D eigenvalue weighted by Gasteiger charge is 2.18. The molecule has 17 heavy (non-hydrogen) atoms. The highest BCUT2D eigenvalue weighted by molar-refractivity contribution is 5.79. The number of rotatable bonds is 2. The van der Waals surface area contributed by atoms with Crippen LogP contribution < -0.4 is 5.32 Å². The van der Waals surface area contributed by atoms with Crippen molar-refractivity contribution in [1.29, 1.82) is 0 Å². The molecule has 1 fully saturated rings. The van der Waals surface area contributed by atoms with E-state index in [2.05, 4.69) is 5.32 Å². The molecular formula is C12H14F2N2O. The van der Waals surface area contributed by atoms with E-state index in [4.69, 9.17) is 0 Å². The lowest BCUT2D eigenvalue weighted by molar-refractivity contribution is -0.131. The summed E-state index contributed by atoms with van der Waals surface area (Å²) >= 11 is 0. The first-order chi connectivity index (χ1) is 8.18. The molecule has 0 aromatic heterocycles. The van der Waals surface area contributed by atoms with Gasteiger partial charge in [0, 0.05) is 31.7 Å². The first kappa shape index (κ1) is 12.0. The van der Waals surface area contributed by atoms with Crippen LogP contribution in [0.3, 0.4) is 0 Å². The van der Waals surface area contributed by atoms with Gasteiger partial charge in [-0.25, -0.2) is 8.78 Å². The maximum Gasteiger partial charge on any atom is 0.227 e. The van der Waals surface area contributed by atoms with Crippen molar-refractivity contribution in [3.8, 4) is 0 Å². The lowest BCUT2D eigenvalue weighted by Gasteiger charge is -2.27. The standard InChI is InChI=1S/C12H14F2N2O/c13-10-3-1-2-9(12(10)14)8-11(17)16-6-4-15-5-7-16/h1-3,15H,4-8H2. The number of carbonyl (C=O) groups excluding carboxylic acids is 1. The Morgan fingerprint density at radius 3 is 2.71 bits per heavy atom. The van der Waals surface area contributed by atoms with Crippen LogP contribution >= 0.6 is 0 Å². The summed E-state index contributed by atoms with van der Waals surface area (Å²) in [7, 11) is 0. The molecule has 1 aliphatic heterocycles. The second kappa shape index (κ2) is 5.23. The van der Waals surface area contributed by atoms with Gasteiger partial charge in [0.2, 0.25) is 5.91 Å². The number of hydrogen-bond donors (Lipinski definition) is 1. The Labute approximate surface area is 98.4 Å². The molecule has 5 heteroatoms. The second-order valence-corrected chi connectivity index (χ2v) is 4.02. The topological polar surface area (TPSA) is 32.3 Å². The van der Waals surface area contributed by atoms with Crippen LogP contribution in [0.5, 0.6) is 0 Å². The van der Waals surface area contributed by atoms with Crippen molar-refractivity contribution in [2.24, 2.45) is 0 Å². The zero-order valence-corrected chi connectivity index (χ0v) is 9.38. The predicted molar refractivity (Wildman–Crippen MR) is 59.5 cm³/mol. The summed E-state index contributed by atoms with van der Waals surface area (Å²) in [5.41, 5.74) is 0.119. The van der Waals surface area contributed by atoms with Gasteiger partial charge in [0.05, 0.1) is 6.42 Å². The Morgan fingerprint density at radius 1 is 1.29 bits per heavy atom. The summed E-state index contributed by atoms with van der Waals surface area (Å²) in [5.74, 6) is -1.98. The molecule has 0 aliphatic carbocycles. The summed E-state index contributed by atoms with van der Waals surface area (Å²) in [5, 5.41) is 3.13. The molecule has 0 radical (unpaired) electrons. The molecule has 1 aromatic rings. The van der Waals surface area contributed by atoms with Crippen LogP contribution in [0.2, 0.25) is 0 Å². The van der Waals surface area contributed by atoms with E-state index in [0.29, 0.717) is 13.1 Å². The van der Waals surface area contributed by atoms with E-state index in [0.717, 1.165) is 19.2 Å². The molecule has 1 amide bonds. The molecule has 2 rings (SSSR count). The molecule has 92 valence electrons. The van der Waals surface area contributed by atoms with Crippen LogP contribution in [0.1, 0.15) is 5.56 Å². The molecule has 0 bridgehead atoms. The molecule has 3 nitrogen and oxygen atoms in total. The van der Waals surface area contributed by atoms with Crippen LogP contribution in [0.15, 0.2) is 18.2 Å². The van der Waals surface area contributed by atoms with Gasteiger partial charge in [0.25, 0.3) is 0 Å². The van der Waals surface area contributed by atoms with Crippen molar-refractivity contribution in [1.82, 2.24) is 10.2 Å². The van der Waals surface area contributed by atoms with E-state index in [1.54, 1.807) is 4.90 Å². The average Bonchev–Trinajstić information content (AvgIpc) is 2.36. The van der Waals surface area contributed by atoms with Gasteiger partial charge in [0.15, 0.2) is 11.6 Å². The first-order valence-electron chi connectivity index (χ1n) is 5.60. The third kappa shape index (κ3) is 2.79. The number of nitrogens with one attached hydrogen (secondary N) is 1. The molecule has 0 spiro atoms. The minimum Gasteiger partial charge on any atom is -0.340 e. The van der Waals surface area contributed by atoms with Crippen LogP contribution in [-0.2, 0) is 11.2 Å². The van der Waals surface area contributed by atoms with E-state index in [9.17, 15) is 13.6 Å². The summed E-state index contributed by atoms with van der Waals surface area (Å²) in [6.45, 7) is 2.74. The minimum atomic E-state index is -0.920. The SMILES string of the molecule is O=C(Cc1cccc(F)c1F)N1CCNCC1. The van der Waals surface area contributed by atoms with Crippen molar-refractivity contribution in [3.63, 3.8) is 0 Å². The van der Waals surface area contributed by atoms with Crippen LogP contribution in [-0.4, -0.2) is 37.0 Å². The number of hydrogen-bond acceptors (Lipinski definition) is 2. The Kier molecular flexibility index (Phi) is 3.68. The monoisotopic (exact) mass is 240 g/mol. The van der Waals surface area contributed by atoms with E-state index >= 15 is 0 Å². The highest BCUT2D eigenvalue weighted by Crippen LogP contribution is 2.13. The lowest BCUT2D eigenvalue weighted by Crippen LogP contribution is -2.47. The molecule has 0 unspecified atom stereocenters. The average molecular weight is 240 g/mol. The quantitative estimate of drug-likeness (QED) is 0.834. The zero-order chi connectivity index (χ0) is 12.3. The van der Waals surface area contributed by atoms with Gasteiger partial charge in [-0.1, -0.05) is 12.1 Å². The second-order valence-electron chi connectivity index (χ2n) is 4.02. The molecule has 1 aliphatic rings. The number of halogens is 2. The van der Waals surface area contributed by atoms with Gasteiger partial charge in [-0.15, -0.1) is 0 Å². The van der Waals surface area contributed by atoms with Gasteiger partial charge < -0.3 is 10.2 Å². The predicted octanol–water partition coefficient (Wildman–Crippen LogP) is 0.939. The Balaban J connectivity index is 2.04. The Bertz CT molecular complexity index is 417. The summed E-state index contributed by atoms with van der Waals surface area (Å²) < 4.78 is 26.3. The molecule has 1 N–H and O–H groups in total. The van der Waals surface area contributed by atoms with Crippen molar-refractivity contribution < 1.29 is 13.6 Å². The van der Waals surface area contributed by atoms with Gasteiger partial charge in [-0.2, -0.15) is 0 Å². The number of piperazine rings is 1. The van der Waals surface area contributed by atoms with Crippen molar-refractivity contribution in [3.05, 3.63) is 35.4 Å². The third-order valence-electron chi connectivity index (χ3n) is 2.84. The molecule has 0 saturated carbocycles. The van der Waals surface area contributed by atoms with Gasteiger partial charge in [-0.05, 0) is 6.07 Å². The molecule has 0 atom stereocenters. The number of carbonyl (C=O) groups is 1. The largest absolute Gasteiger partial charge is 0.340 e. The maximum absolute atomic E-state index is 13.4. The highest BCUT2D eigenvalue weighted by atomic mass is 19.2. The van der Waals surface area contributed by atoms with E-state index < -0.39 is 11.6 Å². The fraction of sp³-hybridized carbons (Fsp3) is 0.417. The van der Waals surface area contributed by atoms with E-state index in [-0.39, 0.29) is 17.9 Å². The maximum atomic E-state index is 13.4.